The Morgan fingerprint density at radius 2 is 2.10 bits per heavy atom. The van der Waals surface area contributed by atoms with Crippen LogP contribution in [-0.4, -0.2) is 35.3 Å². The van der Waals surface area contributed by atoms with E-state index < -0.39 is 17.7 Å². The molecule has 154 valence electrons. The van der Waals surface area contributed by atoms with Gasteiger partial charge in [-0.1, -0.05) is 15.9 Å². The molecule has 1 aromatic carbocycles. The van der Waals surface area contributed by atoms with Gasteiger partial charge >= 0.3 is 0 Å². The van der Waals surface area contributed by atoms with E-state index in [9.17, 15) is 14.4 Å². The topological polar surface area (TPSA) is 101 Å². The van der Waals surface area contributed by atoms with Crippen molar-refractivity contribution in [3.8, 4) is 5.75 Å². The Kier molecular flexibility index (Phi) is 6.58. The minimum Gasteiger partial charge on any atom is -0.490 e. The highest BCUT2D eigenvalue weighted by atomic mass is 79.9. The van der Waals surface area contributed by atoms with Crippen molar-refractivity contribution in [1.82, 2.24) is 15.8 Å². The molecule has 1 aliphatic heterocycles. The van der Waals surface area contributed by atoms with Gasteiger partial charge in [-0.15, -0.1) is 0 Å². The van der Waals surface area contributed by atoms with Crippen LogP contribution in [0.25, 0.3) is 0 Å². The number of nitrogens with one attached hydrogen (secondary N) is 2. The highest BCUT2D eigenvalue weighted by Gasteiger charge is 2.34. The van der Waals surface area contributed by atoms with Crippen molar-refractivity contribution >= 4 is 33.7 Å². The fourth-order valence-corrected chi connectivity index (χ4v) is 3.38. The first-order valence-electron chi connectivity index (χ1n) is 9.20. The van der Waals surface area contributed by atoms with Crippen LogP contribution in [0.15, 0.2) is 45.5 Å². The lowest BCUT2D eigenvalue weighted by molar-refractivity contribution is -0.129. The number of likely N-dealkylation sites (tertiary alicyclic amines) is 1. The number of amides is 3. The summed E-state index contributed by atoms with van der Waals surface area (Å²) in [5, 5.41) is 0. The molecule has 0 bridgehead atoms. The summed E-state index contributed by atoms with van der Waals surface area (Å²) in [5.41, 5.74) is 5.10. The van der Waals surface area contributed by atoms with Crippen molar-refractivity contribution in [2.24, 2.45) is 5.92 Å². The summed E-state index contributed by atoms with van der Waals surface area (Å²) < 4.78 is 11.6. The van der Waals surface area contributed by atoms with Crippen LogP contribution in [0.1, 0.15) is 36.4 Å². The second-order valence-corrected chi connectivity index (χ2v) is 7.92. The van der Waals surface area contributed by atoms with Crippen LogP contribution in [0, 0.1) is 5.92 Å². The number of rotatable bonds is 6. The molecular weight excluding hydrogens is 442 g/mol. The predicted octanol–water partition coefficient (Wildman–Crippen LogP) is 2.64. The van der Waals surface area contributed by atoms with Gasteiger partial charge in [0.15, 0.2) is 0 Å². The zero-order valence-electron chi connectivity index (χ0n) is 16.1. The van der Waals surface area contributed by atoms with E-state index in [1.807, 2.05) is 13.8 Å². The van der Waals surface area contributed by atoms with Gasteiger partial charge in [-0.2, -0.15) is 0 Å². The standard InChI is InChI=1S/C20H22BrN3O5/c1-12(2)29-17-6-5-14(21)9-16(17)20(27)23-22-19(26)13-8-18(25)24(10-13)11-15-4-3-7-28-15/h3-7,9,12-13H,8,10-11H2,1-2H3,(H,22,26)(H,23,27). The number of hydrogen-bond acceptors (Lipinski definition) is 5. The SMILES string of the molecule is CC(C)Oc1ccc(Br)cc1C(=O)NNC(=O)C1CC(=O)N(Cc2ccco2)C1. The highest BCUT2D eigenvalue weighted by Crippen LogP contribution is 2.24. The Labute approximate surface area is 176 Å². The van der Waals surface area contributed by atoms with E-state index in [0.717, 1.165) is 0 Å². The average Bonchev–Trinajstić information content (AvgIpc) is 3.31. The van der Waals surface area contributed by atoms with Gasteiger partial charge in [0.05, 0.1) is 30.4 Å². The first-order valence-corrected chi connectivity index (χ1v) is 9.99. The average molecular weight is 464 g/mol. The highest BCUT2D eigenvalue weighted by molar-refractivity contribution is 9.10. The number of halogens is 1. The van der Waals surface area contributed by atoms with E-state index in [2.05, 4.69) is 26.8 Å². The molecule has 0 radical (unpaired) electrons. The normalized spacial score (nSPS) is 16.2. The quantitative estimate of drug-likeness (QED) is 0.641. The van der Waals surface area contributed by atoms with Gasteiger partial charge in [0.1, 0.15) is 11.5 Å². The predicted molar refractivity (Wildman–Crippen MR) is 108 cm³/mol. The maximum absolute atomic E-state index is 12.5. The molecular formula is C20H22BrN3O5. The van der Waals surface area contributed by atoms with Crippen LogP contribution in [-0.2, 0) is 16.1 Å². The molecule has 0 saturated carbocycles. The second kappa shape index (κ2) is 9.13. The molecule has 1 atom stereocenters. The van der Waals surface area contributed by atoms with Gasteiger partial charge in [-0.25, -0.2) is 0 Å². The fourth-order valence-electron chi connectivity index (χ4n) is 3.02. The van der Waals surface area contributed by atoms with Gasteiger partial charge in [-0.05, 0) is 44.2 Å². The molecule has 8 nitrogen and oxygen atoms in total. The van der Waals surface area contributed by atoms with Gasteiger partial charge in [0, 0.05) is 17.4 Å². The molecule has 1 aromatic heterocycles. The van der Waals surface area contributed by atoms with Crippen LogP contribution in [0.4, 0.5) is 0 Å². The Balaban J connectivity index is 1.57. The third-order valence-corrected chi connectivity index (χ3v) is 4.85. The van der Waals surface area contributed by atoms with Crippen LogP contribution < -0.4 is 15.6 Å². The first-order chi connectivity index (χ1) is 13.8. The summed E-state index contributed by atoms with van der Waals surface area (Å²) in [7, 11) is 0. The maximum Gasteiger partial charge on any atom is 0.273 e. The Morgan fingerprint density at radius 1 is 1.31 bits per heavy atom. The second-order valence-electron chi connectivity index (χ2n) is 7.01. The van der Waals surface area contributed by atoms with Crippen molar-refractivity contribution in [2.75, 3.05) is 6.54 Å². The monoisotopic (exact) mass is 463 g/mol. The van der Waals surface area contributed by atoms with E-state index in [0.29, 0.717) is 22.5 Å². The molecule has 3 amide bonds. The number of benzene rings is 1. The third-order valence-electron chi connectivity index (χ3n) is 4.36. The molecule has 1 aliphatic rings. The van der Waals surface area contributed by atoms with Crippen molar-refractivity contribution in [2.45, 2.75) is 32.9 Å². The molecule has 0 spiro atoms. The number of furan rings is 1. The number of carbonyl (C=O) groups is 3. The van der Waals surface area contributed by atoms with Crippen molar-refractivity contribution < 1.29 is 23.5 Å². The molecule has 2 aromatic rings. The Bertz CT molecular complexity index is 898. The summed E-state index contributed by atoms with van der Waals surface area (Å²) in [4.78, 5) is 38.7. The molecule has 29 heavy (non-hydrogen) atoms. The van der Waals surface area contributed by atoms with Gasteiger partial charge in [-0.3, -0.25) is 25.2 Å². The van der Waals surface area contributed by atoms with Crippen molar-refractivity contribution in [3.05, 3.63) is 52.4 Å². The van der Waals surface area contributed by atoms with E-state index >= 15 is 0 Å². The summed E-state index contributed by atoms with van der Waals surface area (Å²) in [6, 6.07) is 8.59. The first kappa shape index (κ1) is 20.9. The van der Waals surface area contributed by atoms with E-state index in [1.54, 1.807) is 35.2 Å². The maximum atomic E-state index is 12.5. The Hall–Kier alpha value is -2.81. The minimum atomic E-state index is -0.549. The lowest BCUT2D eigenvalue weighted by Crippen LogP contribution is -2.45. The number of hydrogen-bond donors (Lipinski definition) is 2. The van der Waals surface area contributed by atoms with Gasteiger partial charge in [0.25, 0.3) is 5.91 Å². The van der Waals surface area contributed by atoms with Crippen LogP contribution in [0.2, 0.25) is 0 Å². The molecule has 9 heteroatoms. The van der Waals surface area contributed by atoms with Crippen molar-refractivity contribution in [1.29, 1.82) is 0 Å². The van der Waals surface area contributed by atoms with Gasteiger partial charge in [0.2, 0.25) is 11.8 Å². The largest absolute Gasteiger partial charge is 0.490 e. The molecule has 1 fully saturated rings. The van der Waals surface area contributed by atoms with E-state index in [-0.39, 0.29) is 30.5 Å². The van der Waals surface area contributed by atoms with Gasteiger partial charge < -0.3 is 14.1 Å². The number of carbonyl (C=O) groups excluding carboxylic acids is 3. The molecule has 1 saturated heterocycles. The zero-order valence-corrected chi connectivity index (χ0v) is 17.7. The smallest absolute Gasteiger partial charge is 0.273 e. The minimum absolute atomic E-state index is 0.0843. The number of nitrogens with zero attached hydrogens (tertiary/aromatic N) is 1. The number of ether oxygens (including phenoxy) is 1. The third kappa shape index (κ3) is 5.38. The summed E-state index contributed by atoms with van der Waals surface area (Å²) in [6.07, 6.45) is 1.51. The van der Waals surface area contributed by atoms with Crippen LogP contribution in [0.5, 0.6) is 5.75 Å². The molecule has 3 rings (SSSR count). The van der Waals surface area contributed by atoms with E-state index in [4.69, 9.17) is 9.15 Å². The Morgan fingerprint density at radius 3 is 2.79 bits per heavy atom. The van der Waals surface area contributed by atoms with Crippen LogP contribution >= 0.6 is 15.9 Å². The molecule has 1 unspecified atom stereocenters. The molecule has 2 N–H and O–H groups in total. The number of hydrazine groups is 1. The summed E-state index contributed by atoms with van der Waals surface area (Å²) >= 11 is 3.33. The molecule has 2 heterocycles. The van der Waals surface area contributed by atoms with Crippen LogP contribution in [0.3, 0.4) is 0 Å². The molecule has 0 aliphatic carbocycles. The summed E-state index contributed by atoms with van der Waals surface area (Å²) in [5.74, 6) is -0.545. The lowest BCUT2D eigenvalue weighted by atomic mass is 10.1. The zero-order chi connectivity index (χ0) is 21.0. The summed E-state index contributed by atoms with van der Waals surface area (Å²) in [6.45, 7) is 4.30. The van der Waals surface area contributed by atoms with Crippen molar-refractivity contribution in [3.63, 3.8) is 0 Å². The lowest BCUT2D eigenvalue weighted by Gasteiger charge is -2.16. The fraction of sp³-hybridized carbons (Fsp3) is 0.350. The van der Waals surface area contributed by atoms with E-state index in [1.165, 1.54) is 6.26 Å².